The summed E-state index contributed by atoms with van der Waals surface area (Å²) in [4.78, 5) is 51.4. The number of ether oxygens (including phenoxy) is 1. The van der Waals surface area contributed by atoms with E-state index < -0.39 is 69.4 Å². The van der Waals surface area contributed by atoms with Crippen LogP contribution in [0.5, 0.6) is 0 Å². The topological polar surface area (TPSA) is 235 Å². The van der Waals surface area contributed by atoms with E-state index in [0.29, 0.717) is 16.8 Å². The van der Waals surface area contributed by atoms with E-state index in [0.717, 1.165) is 10.6 Å². The van der Waals surface area contributed by atoms with Gasteiger partial charge in [0.1, 0.15) is 18.0 Å². The molecule has 47 heavy (non-hydrogen) atoms. The summed E-state index contributed by atoms with van der Waals surface area (Å²) in [6.45, 7) is 4.68. The number of carbonyl (C=O) groups excluding carboxylic acids is 1. The van der Waals surface area contributed by atoms with Gasteiger partial charge in [0.2, 0.25) is 16.0 Å². The van der Waals surface area contributed by atoms with Crippen LogP contribution in [0.1, 0.15) is 63.6 Å². The van der Waals surface area contributed by atoms with Crippen LogP contribution in [0, 0.1) is 26.0 Å². The van der Waals surface area contributed by atoms with Crippen molar-refractivity contribution in [3.63, 3.8) is 0 Å². The van der Waals surface area contributed by atoms with Gasteiger partial charge in [0, 0.05) is 31.0 Å². The number of esters is 1. The lowest BCUT2D eigenvalue weighted by Gasteiger charge is -2.22. The van der Waals surface area contributed by atoms with Crippen LogP contribution in [-0.4, -0.2) is 89.1 Å². The molecule has 1 heterocycles. The molecule has 1 aromatic heterocycles. The highest BCUT2D eigenvalue weighted by Crippen LogP contribution is 2.32. The highest BCUT2D eigenvalue weighted by Gasteiger charge is 2.28. The molecule has 0 aliphatic rings. The lowest BCUT2D eigenvalue weighted by Crippen LogP contribution is -2.36. The molecule has 0 spiro atoms. The van der Waals surface area contributed by atoms with E-state index >= 15 is 0 Å². The zero-order chi connectivity index (χ0) is 35.5. The van der Waals surface area contributed by atoms with E-state index in [-0.39, 0.29) is 36.8 Å². The van der Waals surface area contributed by atoms with Gasteiger partial charge >= 0.3 is 5.97 Å². The molecule has 2 N–H and O–H groups in total. The molecular formula is C28H38FN5O12S. The van der Waals surface area contributed by atoms with Crippen molar-refractivity contribution in [2.75, 3.05) is 24.2 Å². The first-order chi connectivity index (χ1) is 21.9. The third kappa shape index (κ3) is 12.3. The molecule has 4 unspecified atom stereocenters. The smallest absolute Gasteiger partial charge is 0.308 e. The molecule has 260 valence electrons. The third-order valence-corrected chi connectivity index (χ3v) is 7.89. The average Bonchev–Trinajstić information content (AvgIpc) is 2.97. The summed E-state index contributed by atoms with van der Waals surface area (Å²) < 4.78 is 44.0. The highest BCUT2D eigenvalue weighted by molar-refractivity contribution is 7.92. The fourth-order valence-electron chi connectivity index (χ4n) is 4.32. The first-order valence-electron chi connectivity index (χ1n) is 14.4. The Morgan fingerprint density at radius 1 is 1.09 bits per heavy atom. The largest absolute Gasteiger partial charge is 0.466 e. The second-order valence-corrected chi connectivity index (χ2v) is 12.7. The van der Waals surface area contributed by atoms with Gasteiger partial charge in [0.15, 0.2) is 0 Å². The first kappa shape index (κ1) is 38.7. The lowest BCUT2D eigenvalue weighted by molar-refractivity contribution is -0.799. The molecule has 0 fully saturated rings. The Bertz CT molecular complexity index is 1520. The Morgan fingerprint density at radius 3 is 2.21 bits per heavy atom. The van der Waals surface area contributed by atoms with E-state index in [4.69, 9.17) is 4.74 Å². The van der Waals surface area contributed by atoms with Crippen LogP contribution in [0.15, 0.2) is 30.3 Å². The van der Waals surface area contributed by atoms with Crippen molar-refractivity contribution in [1.82, 2.24) is 9.97 Å². The predicted octanol–water partition coefficient (Wildman–Crippen LogP) is 2.81. The Labute approximate surface area is 270 Å². The number of aliphatic hydroxyl groups is 2. The molecule has 0 radical (unpaired) electrons. The molecule has 19 heteroatoms. The first-order valence-corrected chi connectivity index (χ1v) is 16.2. The maximum absolute atomic E-state index is 13.7. The Hall–Kier alpha value is -4.49. The lowest BCUT2D eigenvalue weighted by atomic mass is 9.97. The molecule has 4 atom stereocenters. The van der Waals surface area contributed by atoms with E-state index in [2.05, 4.69) is 19.6 Å². The van der Waals surface area contributed by atoms with Crippen LogP contribution in [0.2, 0.25) is 0 Å². The zero-order valence-corrected chi connectivity index (χ0v) is 27.2. The number of halogens is 1. The summed E-state index contributed by atoms with van der Waals surface area (Å²) in [6, 6.07) is 5.34. The molecule has 0 amide bonds. The molecule has 1 aromatic carbocycles. The zero-order valence-electron chi connectivity index (χ0n) is 26.4. The number of carbonyl (C=O) groups is 1. The van der Waals surface area contributed by atoms with E-state index in [1.54, 1.807) is 0 Å². The standard InChI is InChI=1S/C28H38FN5O12S/c1-6-23(45-33(38)39)24(46-34(40)41)13-14-44-25(37)16-21(36)15-20(35)11-12-22-26(17(2)3)30-28(32(4)47(5,42)43)31-27(22)18-7-9-19(29)10-8-18/h7-12,17,20-21,23-24,35-36H,6,13-16H2,1-5H3/b12-11+. The number of sulfonamides is 1. The van der Waals surface area contributed by atoms with Crippen molar-refractivity contribution < 1.29 is 52.4 Å². The van der Waals surface area contributed by atoms with Gasteiger partial charge in [-0.1, -0.05) is 32.9 Å². The summed E-state index contributed by atoms with van der Waals surface area (Å²) in [5, 5.41) is 40.2. The van der Waals surface area contributed by atoms with Crippen molar-refractivity contribution in [3.8, 4) is 11.3 Å². The highest BCUT2D eigenvalue weighted by atomic mass is 32.2. The van der Waals surface area contributed by atoms with E-state index in [9.17, 15) is 48.0 Å². The van der Waals surface area contributed by atoms with Crippen molar-refractivity contribution in [2.45, 2.75) is 76.8 Å². The number of hydrogen-bond donors (Lipinski definition) is 2. The van der Waals surface area contributed by atoms with Crippen molar-refractivity contribution >= 4 is 28.0 Å². The number of aliphatic hydroxyl groups excluding tert-OH is 2. The molecule has 2 aromatic rings. The number of anilines is 1. The van der Waals surface area contributed by atoms with Gasteiger partial charge in [0.05, 0.1) is 42.9 Å². The molecule has 17 nitrogen and oxygen atoms in total. The van der Waals surface area contributed by atoms with Gasteiger partial charge in [-0.15, -0.1) is 20.2 Å². The predicted molar refractivity (Wildman–Crippen MR) is 165 cm³/mol. The number of rotatable bonds is 19. The van der Waals surface area contributed by atoms with Crippen LogP contribution in [0.25, 0.3) is 17.3 Å². The summed E-state index contributed by atoms with van der Waals surface area (Å²) in [5.74, 6) is -1.78. The van der Waals surface area contributed by atoms with Crippen molar-refractivity contribution in [1.29, 1.82) is 0 Å². The molecule has 0 saturated heterocycles. The summed E-state index contributed by atoms with van der Waals surface area (Å²) in [5.41, 5.74) is 1.53. The summed E-state index contributed by atoms with van der Waals surface area (Å²) in [6.07, 6.45) is -2.73. The molecule has 0 aliphatic heterocycles. The fourth-order valence-corrected chi connectivity index (χ4v) is 4.70. The van der Waals surface area contributed by atoms with E-state index in [1.165, 1.54) is 50.4 Å². The van der Waals surface area contributed by atoms with Gasteiger partial charge < -0.3 is 24.6 Å². The van der Waals surface area contributed by atoms with Gasteiger partial charge in [-0.25, -0.2) is 27.1 Å². The molecule has 0 aliphatic carbocycles. The van der Waals surface area contributed by atoms with Crippen LogP contribution < -0.4 is 4.31 Å². The number of nitrogens with zero attached hydrogens (tertiary/aromatic N) is 5. The van der Waals surface area contributed by atoms with Gasteiger partial charge in [-0.3, -0.25) is 4.79 Å². The molecule has 0 bridgehead atoms. The number of hydrogen-bond acceptors (Lipinski definition) is 14. The average molecular weight is 688 g/mol. The summed E-state index contributed by atoms with van der Waals surface area (Å²) in [7, 11) is -2.44. The Balaban J connectivity index is 2.18. The maximum atomic E-state index is 13.7. The monoisotopic (exact) mass is 687 g/mol. The minimum absolute atomic E-state index is 0.00439. The molecular weight excluding hydrogens is 649 g/mol. The van der Waals surface area contributed by atoms with Crippen molar-refractivity contribution in [2.24, 2.45) is 0 Å². The normalized spacial score (nSPS) is 14.3. The Morgan fingerprint density at radius 2 is 1.68 bits per heavy atom. The Kier molecular flexibility index (Phi) is 14.4. The van der Waals surface area contributed by atoms with E-state index in [1.807, 2.05) is 13.8 Å². The molecule has 0 saturated carbocycles. The maximum Gasteiger partial charge on any atom is 0.308 e. The van der Waals surface area contributed by atoms with Crippen LogP contribution >= 0.6 is 0 Å². The number of benzene rings is 1. The minimum atomic E-state index is -3.73. The second kappa shape index (κ2) is 17.4. The van der Waals surface area contributed by atoms with Gasteiger partial charge in [-0.2, -0.15) is 0 Å². The summed E-state index contributed by atoms with van der Waals surface area (Å²) >= 11 is 0. The SMILES string of the molecule is CCC(O[N+](=O)[O-])C(CCOC(=O)CC(O)CC(O)/C=C/c1c(-c2ccc(F)cc2)nc(N(C)S(C)(=O)=O)nc1C(C)C)O[N+](=O)[O-]. The van der Waals surface area contributed by atoms with Crippen LogP contribution in [0.4, 0.5) is 10.3 Å². The van der Waals surface area contributed by atoms with Crippen LogP contribution in [-0.2, 0) is 29.2 Å². The second-order valence-electron chi connectivity index (χ2n) is 10.7. The van der Waals surface area contributed by atoms with Crippen molar-refractivity contribution in [3.05, 3.63) is 67.6 Å². The quantitative estimate of drug-likeness (QED) is 0.123. The van der Waals surface area contributed by atoms with Gasteiger partial charge in [-0.05, 0) is 36.6 Å². The minimum Gasteiger partial charge on any atom is -0.466 e. The molecule has 2 rings (SSSR count). The van der Waals surface area contributed by atoms with Gasteiger partial charge in [0.25, 0.3) is 10.2 Å². The third-order valence-electron chi connectivity index (χ3n) is 6.73. The number of aromatic nitrogens is 2. The fraction of sp³-hybridized carbons (Fsp3) is 0.536. The van der Waals surface area contributed by atoms with Crippen LogP contribution in [0.3, 0.4) is 0 Å².